The lowest BCUT2D eigenvalue weighted by Crippen LogP contribution is -2.25. The number of hydrogen-bond donors (Lipinski definition) is 1. The number of carboxylic acids is 1. The maximum absolute atomic E-state index is 13.0. The summed E-state index contributed by atoms with van der Waals surface area (Å²) in [7, 11) is 0. The number of nitrogens with zero attached hydrogens (tertiary/aromatic N) is 2. The van der Waals surface area contributed by atoms with E-state index in [2.05, 4.69) is 11.1 Å². The summed E-state index contributed by atoms with van der Waals surface area (Å²) in [5.74, 6) is -0.246. The molecule has 0 saturated carbocycles. The fourth-order valence-electron chi connectivity index (χ4n) is 3.62. The van der Waals surface area contributed by atoms with Gasteiger partial charge in [0.05, 0.1) is 17.4 Å². The second kappa shape index (κ2) is 7.54. The average Bonchev–Trinajstić information content (AvgIpc) is 2.69. The van der Waals surface area contributed by atoms with Gasteiger partial charge in [-0.15, -0.1) is 0 Å². The molecule has 6 nitrogen and oxygen atoms in total. The van der Waals surface area contributed by atoms with E-state index in [4.69, 9.17) is 4.74 Å². The third kappa shape index (κ3) is 3.78. The third-order valence-electron chi connectivity index (χ3n) is 4.93. The Bertz CT molecular complexity index is 1170. The second-order valence-corrected chi connectivity index (χ2v) is 7.45. The molecule has 0 aliphatic heterocycles. The third-order valence-corrected chi connectivity index (χ3v) is 4.93. The number of allylic oxidation sites excluding steroid dienone is 1. The van der Waals surface area contributed by atoms with Crippen molar-refractivity contribution in [3.8, 4) is 5.75 Å². The molecule has 2 aromatic heterocycles. The predicted molar refractivity (Wildman–Crippen MR) is 111 cm³/mol. The summed E-state index contributed by atoms with van der Waals surface area (Å²) in [6, 6.07) is 10.9. The average molecular weight is 390 g/mol. The smallest absolute Gasteiger partial charge is 0.337 e. The van der Waals surface area contributed by atoms with Gasteiger partial charge in [-0.25, -0.2) is 9.78 Å². The number of fused-ring (bicyclic) bond motifs is 2. The van der Waals surface area contributed by atoms with E-state index in [1.807, 2.05) is 38.1 Å². The Hall–Kier alpha value is -3.41. The number of aromatic carboxylic acids is 1. The molecule has 1 N–H and O–H groups in total. The first kappa shape index (κ1) is 18.9. The van der Waals surface area contributed by atoms with Crippen LogP contribution in [0, 0.1) is 0 Å². The van der Waals surface area contributed by atoms with Crippen molar-refractivity contribution in [1.82, 2.24) is 9.38 Å². The van der Waals surface area contributed by atoms with Crippen molar-refractivity contribution in [1.29, 1.82) is 0 Å². The topological polar surface area (TPSA) is 80.9 Å². The highest BCUT2D eigenvalue weighted by Crippen LogP contribution is 2.30. The molecule has 6 heteroatoms. The molecular formula is C23H22N2O4. The fraction of sp³-hybridized carbons (Fsp3) is 0.261. The molecule has 0 fully saturated rings. The van der Waals surface area contributed by atoms with Crippen LogP contribution in [0.1, 0.15) is 53.9 Å². The number of pyridine rings is 1. The van der Waals surface area contributed by atoms with Crippen molar-refractivity contribution in [3.63, 3.8) is 0 Å². The first-order chi connectivity index (χ1) is 13.9. The van der Waals surface area contributed by atoms with E-state index in [1.54, 1.807) is 6.07 Å². The van der Waals surface area contributed by atoms with Gasteiger partial charge in [0.1, 0.15) is 11.4 Å². The Morgan fingerprint density at radius 2 is 1.93 bits per heavy atom. The van der Waals surface area contributed by atoms with E-state index >= 15 is 0 Å². The van der Waals surface area contributed by atoms with Gasteiger partial charge in [-0.2, -0.15) is 0 Å². The fourth-order valence-corrected chi connectivity index (χ4v) is 3.62. The van der Waals surface area contributed by atoms with Crippen molar-refractivity contribution in [3.05, 3.63) is 75.3 Å². The Balaban J connectivity index is 1.77. The molecule has 148 valence electrons. The van der Waals surface area contributed by atoms with Crippen LogP contribution < -0.4 is 10.3 Å². The zero-order valence-electron chi connectivity index (χ0n) is 16.4. The van der Waals surface area contributed by atoms with Gasteiger partial charge >= 0.3 is 5.97 Å². The lowest BCUT2D eigenvalue weighted by atomic mass is 9.91. The van der Waals surface area contributed by atoms with Gasteiger partial charge < -0.3 is 9.84 Å². The van der Waals surface area contributed by atoms with E-state index in [0.717, 1.165) is 29.7 Å². The molecule has 1 aromatic carbocycles. The molecular weight excluding hydrogens is 368 g/mol. The lowest BCUT2D eigenvalue weighted by molar-refractivity contribution is 0.0696. The van der Waals surface area contributed by atoms with Crippen LogP contribution in [-0.2, 0) is 6.42 Å². The van der Waals surface area contributed by atoms with Gasteiger partial charge in [0.25, 0.3) is 5.56 Å². The minimum absolute atomic E-state index is 0.0663. The van der Waals surface area contributed by atoms with E-state index in [1.165, 1.54) is 16.7 Å². The lowest BCUT2D eigenvalue weighted by Gasteiger charge is -2.19. The zero-order chi connectivity index (χ0) is 20.5. The summed E-state index contributed by atoms with van der Waals surface area (Å²) in [6.07, 6.45) is 5.86. The van der Waals surface area contributed by atoms with Crippen LogP contribution in [0.15, 0.2) is 47.4 Å². The van der Waals surface area contributed by atoms with Crippen LogP contribution in [0.2, 0.25) is 0 Å². The highest BCUT2D eigenvalue weighted by molar-refractivity contribution is 5.88. The monoisotopic (exact) mass is 390 g/mol. The highest BCUT2D eigenvalue weighted by atomic mass is 16.5. The number of rotatable bonds is 4. The predicted octanol–water partition coefficient (Wildman–Crippen LogP) is 4.06. The van der Waals surface area contributed by atoms with Gasteiger partial charge in [0.15, 0.2) is 0 Å². The van der Waals surface area contributed by atoms with Crippen molar-refractivity contribution in [2.45, 2.75) is 39.2 Å². The minimum atomic E-state index is -1.07. The quantitative estimate of drug-likeness (QED) is 0.727. The number of carbonyl (C=O) groups is 1. The second-order valence-electron chi connectivity index (χ2n) is 7.45. The Morgan fingerprint density at radius 1 is 1.17 bits per heavy atom. The van der Waals surface area contributed by atoms with Crippen molar-refractivity contribution < 1.29 is 14.6 Å². The highest BCUT2D eigenvalue weighted by Gasteiger charge is 2.21. The molecule has 4 rings (SSSR count). The summed E-state index contributed by atoms with van der Waals surface area (Å²) in [5, 5.41) is 9.19. The van der Waals surface area contributed by atoms with Gasteiger partial charge in [0, 0.05) is 11.8 Å². The standard InChI is InChI=1S/C23H22N2O4/c1-14(2)29-18-9-6-15(7-10-18)12-16-4-3-5-19-21(16)24-20-11-8-17(23(27)28)13-25(20)22(19)26/h6-14H,3-5H2,1-2H3,(H,27,28). The molecule has 29 heavy (non-hydrogen) atoms. The summed E-state index contributed by atoms with van der Waals surface area (Å²) in [6.45, 7) is 3.98. The summed E-state index contributed by atoms with van der Waals surface area (Å²) in [4.78, 5) is 28.9. The molecule has 2 heterocycles. The first-order valence-corrected chi connectivity index (χ1v) is 9.68. The van der Waals surface area contributed by atoms with E-state index in [0.29, 0.717) is 23.3 Å². The maximum atomic E-state index is 13.0. The van der Waals surface area contributed by atoms with Crippen LogP contribution >= 0.6 is 0 Å². The first-order valence-electron chi connectivity index (χ1n) is 9.68. The molecule has 1 aliphatic rings. The largest absolute Gasteiger partial charge is 0.491 e. The molecule has 0 amide bonds. The maximum Gasteiger partial charge on any atom is 0.337 e. The van der Waals surface area contributed by atoms with Crippen molar-refractivity contribution >= 4 is 23.3 Å². The van der Waals surface area contributed by atoms with Gasteiger partial charge in [0.2, 0.25) is 0 Å². The van der Waals surface area contributed by atoms with E-state index < -0.39 is 5.97 Å². The minimum Gasteiger partial charge on any atom is -0.491 e. The van der Waals surface area contributed by atoms with E-state index in [-0.39, 0.29) is 17.2 Å². The summed E-state index contributed by atoms with van der Waals surface area (Å²) in [5.41, 5.74) is 3.72. The van der Waals surface area contributed by atoms with Gasteiger partial charge in [-0.1, -0.05) is 12.1 Å². The number of benzene rings is 1. The number of ether oxygens (including phenoxy) is 1. The van der Waals surface area contributed by atoms with Crippen molar-refractivity contribution in [2.75, 3.05) is 0 Å². The SMILES string of the molecule is CC(C)Oc1ccc(C=C2CCCc3c2nc2ccc(C(=O)O)cn2c3=O)cc1. The summed E-state index contributed by atoms with van der Waals surface area (Å²) >= 11 is 0. The van der Waals surface area contributed by atoms with Crippen LogP contribution in [0.5, 0.6) is 5.75 Å². The molecule has 0 radical (unpaired) electrons. The number of aromatic nitrogens is 2. The normalized spacial score (nSPS) is 14.9. The molecule has 1 aliphatic carbocycles. The van der Waals surface area contributed by atoms with Gasteiger partial charge in [-0.05, 0) is 74.6 Å². The van der Waals surface area contributed by atoms with Crippen LogP contribution in [0.25, 0.3) is 17.3 Å². The molecule has 3 aromatic rings. The Morgan fingerprint density at radius 3 is 2.62 bits per heavy atom. The van der Waals surface area contributed by atoms with E-state index in [9.17, 15) is 14.7 Å². The zero-order valence-corrected chi connectivity index (χ0v) is 16.4. The molecule has 0 bridgehead atoms. The van der Waals surface area contributed by atoms with Crippen molar-refractivity contribution in [2.24, 2.45) is 0 Å². The number of carboxylic acid groups (broad SMARTS) is 1. The molecule has 0 spiro atoms. The molecule has 0 atom stereocenters. The van der Waals surface area contributed by atoms with Crippen LogP contribution in [0.4, 0.5) is 0 Å². The number of hydrogen-bond acceptors (Lipinski definition) is 4. The van der Waals surface area contributed by atoms with Gasteiger partial charge in [-0.3, -0.25) is 9.20 Å². The van der Waals surface area contributed by atoms with Crippen LogP contribution in [-0.4, -0.2) is 26.6 Å². The Labute approximate surface area is 168 Å². The summed E-state index contributed by atoms with van der Waals surface area (Å²) < 4.78 is 7.02. The molecule has 0 saturated heterocycles. The van der Waals surface area contributed by atoms with Crippen LogP contribution in [0.3, 0.4) is 0 Å². The molecule has 0 unspecified atom stereocenters. The Kier molecular flexibility index (Phi) is 4.92.